The lowest BCUT2D eigenvalue weighted by atomic mass is 9.76. The van der Waals surface area contributed by atoms with Crippen molar-refractivity contribution in [3.8, 4) is 0 Å². The molecule has 0 aliphatic heterocycles. The number of anilines is 1. The molecule has 0 radical (unpaired) electrons. The van der Waals surface area contributed by atoms with Crippen molar-refractivity contribution in [1.29, 1.82) is 0 Å². The molecule has 0 bridgehead atoms. The van der Waals surface area contributed by atoms with Crippen LogP contribution in [-0.4, -0.2) is 21.7 Å². The number of rotatable bonds is 2. The first-order chi connectivity index (χ1) is 8.17. The van der Waals surface area contributed by atoms with E-state index >= 15 is 0 Å². The van der Waals surface area contributed by atoms with Gasteiger partial charge in [0.05, 0.1) is 22.8 Å². The van der Waals surface area contributed by atoms with Gasteiger partial charge in [0.15, 0.2) is 0 Å². The normalized spacial score (nSPS) is 27.8. The standard InChI is InChI=1S/C14H16N2O/c1-14(17)8-7-12(14)16-11-6-2-4-10-5-3-9-15-13(10)11/h2-6,9,12,16-17H,7-8H2,1H3/t12-,14-/m0/s1. The molecule has 1 aliphatic carbocycles. The summed E-state index contributed by atoms with van der Waals surface area (Å²) in [6.07, 6.45) is 3.67. The molecule has 0 unspecified atom stereocenters. The van der Waals surface area contributed by atoms with E-state index in [1.54, 1.807) is 6.20 Å². The molecule has 17 heavy (non-hydrogen) atoms. The van der Waals surface area contributed by atoms with Gasteiger partial charge < -0.3 is 10.4 Å². The zero-order chi connectivity index (χ0) is 11.9. The molecule has 0 amide bonds. The number of aromatic nitrogens is 1. The van der Waals surface area contributed by atoms with Gasteiger partial charge in [0.1, 0.15) is 0 Å². The maximum absolute atomic E-state index is 10.0. The second kappa shape index (κ2) is 3.70. The summed E-state index contributed by atoms with van der Waals surface area (Å²) in [5, 5.41) is 14.5. The Hall–Kier alpha value is -1.61. The van der Waals surface area contributed by atoms with Gasteiger partial charge in [0, 0.05) is 11.6 Å². The van der Waals surface area contributed by atoms with E-state index in [0.717, 1.165) is 29.4 Å². The lowest BCUT2D eigenvalue weighted by molar-refractivity contribution is -0.0285. The molecule has 3 rings (SSSR count). The number of hydrogen-bond donors (Lipinski definition) is 2. The van der Waals surface area contributed by atoms with E-state index in [1.807, 2.05) is 37.3 Å². The molecular weight excluding hydrogens is 212 g/mol. The highest BCUT2D eigenvalue weighted by atomic mass is 16.3. The molecule has 1 aromatic carbocycles. The Kier molecular flexibility index (Phi) is 2.30. The highest BCUT2D eigenvalue weighted by Gasteiger charge is 2.40. The Morgan fingerprint density at radius 3 is 2.88 bits per heavy atom. The largest absolute Gasteiger partial charge is 0.388 e. The van der Waals surface area contributed by atoms with Crippen molar-refractivity contribution >= 4 is 16.6 Å². The molecule has 3 heteroatoms. The Labute approximate surface area is 100 Å². The Balaban J connectivity index is 1.95. The zero-order valence-corrected chi connectivity index (χ0v) is 9.85. The monoisotopic (exact) mass is 228 g/mol. The van der Waals surface area contributed by atoms with Gasteiger partial charge in [-0.3, -0.25) is 4.98 Å². The number of hydrogen-bond acceptors (Lipinski definition) is 3. The summed E-state index contributed by atoms with van der Waals surface area (Å²) in [7, 11) is 0. The first-order valence-corrected chi connectivity index (χ1v) is 5.99. The summed E-state index contributed by atoms with van der Waals surface area (Å²) >= 11 is 0. The van der Waals surface area contributed by atoms with Crippen molar-refractivity contribution < 1.29 is 5.11 Å². The topological polar surface area (TPSA) is 45.1 Å². The fourth-order valence-electron chi connectivity index (χ4n) is 2.34. The SMILES string of the molecule is C[C@]1(O)CC[C@@H]1Nc1cccc2cccnc12. The maximum atomic E-state index is 10.0. The second-order valence-electron chi connectivity index (χ2n) is 4.97. The minimum absolute atomic E-state index is 0.134. The van der Waals surface area contributed by atoms with Gasteiger partial charge in [0.25, 0.3) is 0 Å². The van der Waals surface area contributed by atoms with E-state index in [4.69, 9.17) is 0 Å². The van der Waals surface area contributed by atoms with Crippen LogP contribution in [0.25, 0.3) is 10.9 Å². The van der Waals surface area contributed by atoms with Crippen molar-refractivity contribution in [1.82, 2.24) is 4.98 Å². The minimum Gasteiger partial charge on any atom is -0.388 e. The van der Waals surface area contributed by atoms with Crippen LogP contribution < -0.4 is 5.32 Å². The second-order valence-corrected chi connectivity index (χ2v) is 4.97. The smallest absolute Gasteiger partial charge is 0.0933 e. The van der Waals surface area contributed by atoms with Gasteiger partial charge in [-0.2, -0.15) is 0 Å². The van der Waals surface area contributed by atoms with Gasteiger partial charge >= 0.3 is 0 Å². The van der Waals surface area contributed by atoms with Crippen molar-refractivity contribution in [2.45, 2.75) is 31.4 Å². The van der Waals surface area contributed by atoms with E-state index in [9.17, 15) is 5.11 Å². The van der Waals surface area contributed by atoms with E-state index < -0.39 is 5.60 Å². The summed E-state index contributed by atoms with van der Waals surface area (Å²) in [4.78, 5) is 4.40. The lowest BCUT2D eigenvalue weighted by Gasteiger charge is -2.43. The molecule has 2 N–H and O–H groups in total. The lowest BCUT2D eigenvalue weighted by Crippen LogP contribution is -2.53. The van der Waals surface area contributed by atoms with Crippen LogP contribution in [0.15, 0.2) is 36.5 Å². The number of pyridine rings is 1. The number of benzene rings is 1. The fraction of sp³-hybridized carbons (Fsp3) is 0.357. The highest BCUT2D eigenvalue weighted by Crippen LogP contribution is 2.35. The van der Waals surface area contributed by atoms with Crippen LogP contribution in [0.4, 0.5) is 5.69 Å². The third-order valence-corrected chi connectivity index (χ3v) is 3.65. The molecular formula is C14H16N2O. The Morgan fingerprint density at radius 1 is 1.35 bits per heavy atom. The number of nitrogens with one attached hydrogen (secondary N) is 1. The van der Waals surface area contributed by atoms with Crippen LogP contribution >= 0.6 is 0 Å². The molecule has 0 saturated heterocycles. The maximum Gasteiger partial charge on any atom is 0.0933 e. The molecule has 2 aromatic rings. The molecule has 1 aromatic heterocycles. The summed E-state index contributed by atoms with van der Waals surface area (Å²) < 4.78 is 0. The van der Waals surface area contributed by atoms with Crippen molar-refractivity contribution in [2.24, 2.45) is 0 Å². The van der Waals surface area contributed by atoms with Crippen LogP contribution in [0, 0.1) is 0 Å². The van der Waals surface area contributed by atoms with E-state index in [1.165, 1.54) is 0 Å². The Morgan fingerprint density at radius 2 is 2.18 bits per heavy atom. The van der Waals surface area contributed by atoms with Gasteiger partial charge in [-0.05, 0) is 31.9 Å². The molecule has 88 valence electrons. The molecule has 1 aliphatic rings. The summed E-state index contributed by atoms with van der Waals surface area (Å²) in [6.45, 7) is 1.88. The van der Waals surface area contributed by atoms with Gasteiger partial charge in [-0.15, -0.1) is 0 Å². The molecule has 0 spiro atoms. The highest BCUT2D eigenvalue weighted by molar-refractivity contribution is 5.90. The molecule has 1 heterocycles. The average molecular weight is 228 g/mol. The fourth-order valence-corrected chi connectivity index (χ4v) is 2.34. The first kappa shape index (κ1) is 10.5. The van der Waals surface area contributed by atoms with Crippen LogP contribution in [0.5, 0.6) is 0 Å². The van der Waals surface area contributed by atoms with Crippen LogP contribution in [0.3, 0.4) is 0 Å². The number of nitrogens with zero attached hydrogens (tertiary/aromatic N) is 1. The zero-order valence-electron chi connectivity index (χ0n) is 9.85. The first-order valence-electron chi connectivity index (χ1n) is 5.99. The predicted octanol–water partition coefficient (Wildman–Crippen LogP) is 2.56. The van der Waals surface area contributed by atoms with E-state index in [0.29, 0.717) is 0 Å². The molecule has 3 nitrogen and oxygen atoms in total. The van der Waals surface area contributed by atoms with Crippen LogP contribution in [0.1, 0.15) is 19.8 Å². The average Bonchev–Trinajstić information content (AvgIpc) is 2.35. The Bertz CT molecular complexity index is 545. The third-order valence-electron chi connectivity index (χ3n) is 3.65. The number of aliphatic hydroxyl groups is 1. The van der Waals surface area contributed by atoms with E-state index in [-0.39, 0.29) is 6.04 Å². The van der Waals surface area contributed by atoms with Crippen molar-refractivity contribution in [3.05, 3.63) is 36.5 Å². The molecule has 2 atom stereocenters. The number of fused-ring (bicyclic) bond motifs is 1. The van der Waals surface area contributed by atoms with E-state index in [2.05, 4.69) is 10.3 Å². The van der Waals surface area contributed by atoms with Gasteiger partial charge in [-0.1, -0.05) is 18.2 Å². The van der Waals surface area contributed by atoms with Crippen molar-refractivity contribution in [2.75, 3.05) is 5.32 Å². The van der Waals surface area contributed by atoms with Gasteiger partial charge in [-0.25, -0.2) is 0 Å². The van der Waals surface area contributed by atoms with Crippen LogP contribution in [0.2, 0.25) is 0 Å². The predicted molar refractivity (Wildman–Crippen MR) is 69.0 cm³/mol. The number of para-hydroxylation sites is 1. The van der Waals surface area contributed by atoms with Crippen molar-refractivity contribution in [3.63, 3.8) is 0 Å². The molecule has 1 fully saturated rings. The minimum atomic E-state index is -0.586. The summed E-state index contributed by atoms with van der Waals surface area (Å²) in [6, 6.07) is 10.2. The summed E-state index contributed by atoms with van der Waals surface area (Å²) in [5.41, 5.74) is 1.39. The third kappa shape index (κ3) is 1.76. The summed E-state index contributed by atoms with van der Waals surface area (Å²) in [5.74, 6) is 0. The molecule has 1 saturated carbocycles. The van der Waals surface area contributed by atoms with Gasteiger partial charge in [0.2, 0.25) is 0 Å². The quantitative estimate of drug-likeness (QED) is 0.830. The van der Waals surface area contributed by atoms with Crippen LogP contribution in [-0.2, 0) is 0 Å².